The minimum atomic E-state index is -3.46. The van der Waals surface area contributed by atoms with Crippen LogP contribution in [0.1, 0.15) is 37.7 Å². The van der Waals surface area contributed by atoms with Crippen molar-refractivity contribution in [2.45, 2.75) is 43.0 Å². The summed E-state index contributed by atoms with van der Waals surface area (Å²) in [7, 11) is 0.540. The van der Waals surface area contributed by atoms with Crippen molar-refractivity contribution >= 4 is 27.6 Å². The zero-order valence-electron chi connectivity index (χ0n) is 15.9. The van der Waals surface area contributed by atoms with Crippen LogP contribution in [-0.4, -0.2) is 34.8 Å². The second kappa shape index (κ2) is 8.67. The van der Waals surface area contributed by atoms with E-state index in [4.69, 9.17) is 0 Å². The van der Waals surface area contributed by atoms with Crippen molar-refractivity contribution in [3.05, 3.63) is 54.1 Å². The summed E-state index contributed by atoms with van der Waals surface area (Å²) in [5.41, 5.74) is 2.85. The van der Waals surface area contributed by atoms with Gasteiger partial charge in [-0.05, 0) is 54.8 Å². The molecule has 27 heavy (non-hydrogen) atoms. The summed E-state index contributed by atoms with van der Waals surface area (Å²) >= 11 is 0. The maximum atomic E-state index is 12.5. The van der Waals surface area contributed by atoms with Crippen LogP contribution in [0.5, 0.6) is 0 Å². The van der Waals surface area contributed by atoms with E-state index in [2.05, 4.69) is 9.71 Å². The number of benzene rings is 2. The first-order chi connectivity index (χ1) is 12.9. The normalized spacial score (nSPS) is 15.9. The number of hydrogen-bond donors (Lipinski definition) is 1. The van der Waals surface area contributed by atoms with Crippen molar-refractivity contribution in [1.29, 1.82) is 0 Å². The molecule has 1 aliphatic carbocycles. The number of rotatable bonds is 6. The highest BCUT2D eigenvalue weighted by molar-refractivity contribution is 7.89. The van der Waals surface area contributed by atoms with Gasteiger partial charge in [-0.25, -0.2) is 13.1 Å². The Bertz CT molecular complexity index is 867. The van der Waals surface area contributed by atoms with Crippen molar-refractivity contribution in [1.82, 2.24) is 4.72 Å². The van der Waals surface area contributed by atoms with Gasteiger partial charge in [-0.2, -0.15) is 0 Å². The molecule has 1 aliphatic rings. The molecule has 3 rings (SSSR count). The fourth-order valence-electron chi connectivity index (χ4n) is 3.23. The third-order valence-electron chi connectivity index (χ3n) is 4.85. The lowest BCUT2D eigenvalue weighted by atomic mass is 9.96. The average molecular weight is 386 g/mol. The van der Waals surface area contributed by atoms with Gasteiger partial charge in [0.25, 0.3) is 0 Å². The first kappa shape index (κ1) is 19.6. The van der Waals surface area contributed by atoms with Crippen LogP contribution in [0.25, 0.3) is 0 Å². The first-order valence-electron chi connectivity index (χ1n) is 9.38. The highest BCUT2D eigenvalue weighted by atomic mass is 32.2. The average Bonchev–Trinajstić information content (AvgIpc) is 2.67. The maximum Gasteiger partial charge on any atom is 0.240 e. The van der Waals surface area contributed by atoms with Gasteiger partial charge in [0.2, 0.25) is 10.0 Å². The van der Waals surface area contributed by atoms with Crippen LogP contribution < -0.4 is 9.62 Å². The lowest BCUT2D eigenvalue weighted by Crippen LogP contribution is -2.36. The molecule has 0 radical (unpaired) electrons. The molecule has 0 atom stereocenters. The van der Waals surface area contributed by atoms with Crippen LogP contribution in [0, 0.1) is 0 Å². The van der Waals surface area contributed by atoms with Gasteiger partial charge in [0, 0.05) is 32.0 Å². The summed E-state index contributed by atoms with van der Waals surface area (Å²) in [6.07, 6.45) is 7.02. The largest absolute Gasteiger partial charge is 0.378 e. The van der Waals surface area contributed by atoms with Crippen molar-refractivity contribution in [3.63, 3.8) is 0 Å². The van der Waals surface area contributed by atoms with E-state index in [-0.39, 0.29) is 6.04 Å². The van der Waals surface area contributed by atoms with E-state index in [0.717, 1.165) is 42.6 Å². The van der Waals surface area contributed by atoms with Gasteiger partial charge in [0.15, 0.2) is 0 Å². The first-order valence-corrected chi connectivity index (χ1v) is 10.9. The molecule has 2 aromatic rings. The van der Waals surface area contributed by atoms with Gasteiger partial charge in [-0.1, -0.05) is 31.4 Å². The number of anilines is 1. The van der Waals surface area contributed by atoms with Gasteiger partial charge >= 0.3 is 0 Å². The van der Waals surface area contributed by atoms with E-state index in [9.17, 15) is 8.42 Å². The summed E-state index contributed by atoms with van der Waals surface area (Å²) in [5.74, 6) is 0. The second-order valence-electron chi connectivity index (χ2n) is 7.19. The fourth-order valence-corrected chi connectivity index (χ4v) is 4.53. The van der Waals surface area contributed by atoms with Crippen molar-refractivity contribution in [3.8, 4) is 0 Å². The predicted octanol–water partition coefficient (Wildman–Crippen LogP) is 4.11. The third kappa shape index (κ3) is 5.40. The molecule has 0 amide bonds. The SMILES string of the molecule is CN(C)c1ccc(C=Nc2ccc(S(=O)(=O)NC3CCCCC3)cc2)cc1. The van der Waals surface area contributed by atoms with E-state index in [0.29, 0.717) is 4.90 Å². The second-order valence-corrected chi connectivity index (χ2v) is 8.91. The molecule has 0 bridgehead atoms. The molecule has 0 aromatic heterocycles. The smallest absolute Gasteiger partial charge is 0.240 e. The molecule has 0 unspecified atom stereocenters. The number of sulfonamides is 1. The zero-order valence-corrected chi connectivity index (χ0v) is 16.7. The molecule has 144 valence electrons. The number of nitrogens with one attached hydrogen (secondary N) is 1. The Hall–Kier alpha value is -2.18. The van der Waals surface area contributed by atoms with E-state index in [1.165, 1.54) is 6.42 Å². The summed E-state index contributed by atoms with van der Waals surface area (Å²) < 4.78 is 27.9. The predicted molar refractivity (Wildman–Crippen MR) is 112 cm³/mol. The Morgan fingerprint density at radius 3 is 2.19 bits per heavy atom. The molecule has 1 N–H and O–H groups in total. The lowest BCUT2D eigenvalue weighted by Gasteiger charge is -2.22. The van der Waals surface area contributed by atoms with Crippen LogP contribution in [-0.2, 0) is 10.0 Å². The summed E-state index contributed by atoms with van der Waals surface area (Å²) in [5, 5.41) is 0. The summed E-state index contributed by atoms with van der Waals surface area (Å²) in [4.78, 5) is 6.77. The topological polar surface area (TPSA) is 61.8 Å². The lowest BCUT2D eigenvalue weighted by molar-refractivity contribution is 0.412. The standard InChI is InChI=1S/C21H27N3O2S/c1-24(2)20-12-8-17(9-13-20)16-22-18-10-14-21(15-11-18)27(25,26)23-19-6-4-3-5-7-19/h8-16,19,23H,3-7H2,1-2H3. The molecule has 0 saturated heterocycles. The summed E-state index contributed by atoms with van der Waals surface area (Å²) in [6.45, 7) is 0. The Balaban J connectivity index is 1.65. The van der Waals surface area contributed by atoms with Crippen molar-refractivity contribution in [2.75, 3.05) is 19.0 Å². The minimum Gasteiger partial charge on any atom is -0.378 e. The van der Waals surface area contributed by atoms with Crippen LogP contribution in [0.4, 0.5) is 11.4 Å². The molecule has 0 aliphatic heterocycles. The molecule has 5 nitrogen and oxygen atoms in total. The molecular formula is C21H27N3O2S. The van der Waals surface area contributed by atoms with Crippen LogP contribution in [0.2, 0.25) is 0 Å². The molecule has 0 spiro atoms. The Morgan fingerprint density at radius 1 is 0.963 bits per heavy atom. The Kier molecular flexibility index (Phi) is 6.29. The van der Waals surface area contributed by atoms with Gasteiger partial charge in [0.1, 0.15) is 0 Å². The van der Waals surface area contributed by atoms with Crippen molar-refractivity contribution in [2.24, 2.45) is 4.99 Å². The van der Waals surface area contributed by atoms with E-state index < -0.39 is 10.0 Å². The number of nitrogens with zero attached hydrogens (tertiary/aromatic N) is 2. The zero-order chi connectivity index (χ0) is 19.3. The van der Waals surface area contributed by atoms with Crippen LogP contribution in [0.3, 0.4) is 0 Å². The fraction of sp³-hybridized carbons (Fsp3) is 0.381. The van der Waals surface area contributed by atoms with Gasteiger partial charge in [-0.15, -0.1) is 0 Å². The number of hydrogen-bond acceptors (Lipinski definition) is 4. The summed E-state index contributed by atoms with van der Waals surface area (Å²) in [6, 6.07) is 14.9. The van der Waals surface area contributed by atoms with Crippen LogP contribution in [0.15, 0.2) is 58.4 Å². The van der Waals surface area contributed by atoms with Crippen LogP contribution >= 0.6 is 0 Å². The molecule has 6 heteroatoms. The van der Waals surface area contributed by atoms with Gasteiger partial charge in [-0.3, -0.25) is 4.99 Å². The minimum absolute atomic E-state index is 0.0617. The monoisotopic (exact) mass is 385 g/mol. The van der Waals surface area contributed by atoms with Gasteiger partial charge < -0.3 is 4.90 Å². The molecule has 1 fully saturated rings. The molecule has 2 aromatic carbocycles. The third-order valence-corrected chi connectivity index (χ3v) is 6.38. The van der Waals surface area contributed by atoms with Crippen molar-refractivity contribution < 1.29 is 8.42 Å². The van der Waals surface area contributed by atoms with E-state index >= 15 is 0 Å². The molecule has 0 heterocycles. The molecule has 1 saturated carbocycles. The van der Waals surface area contributed by atoms with Gasteiger partial charge in [0.05, 0.1) is 10.6 Å². The molecular weight excluding hydrogens is 358 g/mol. The quantitative estimate of drug-likeness (QED) is 0.761. The maximum absolute atomic E-state index is 12.5. The highest BCUT2D eigenvalue weighted by Crippen LogP contribution is 2.21. The Labute approximate surface area is 162 Å². The van der Waals surface area contributed by atoms with E-state index in [1.807, 2.05) is 43.3 Å². The van der Waals surface area contributed by atoms with E-state index in [1.54, 1.807) is 30.5 Å². The number of aliphatic imine (C=N–C) groups is 1. The highest BCUT2D eigenvalue weighted by Gasteiger charge is 2.21. The Morgan fingerprint density at radius 2 is 1.59 bits per heavy atom.